The van der Waals surface area contributed by atoms with Crippen molar-refractivity contribution in [3.8, 4) is 23.3 Å². The predicted molar refractivity (Wildman–Crippen MR) is 71.7 cm³/mol. The van der Waals surface area contributed by atoms with Gasteiger partial charge in [0.2, 0.25) is 0 Å². The fourth-order valence-corrected chi connectivity index (χ4v) is 1.57. The van der Waals surface area contributed by atoms with Crippen LogP contribution in [-0.2, 0) is 9.53 Å². The van der Waals surface area contributed by atoms with Crippen molar-refractivity contribution < 1.29 is 23.7 Å². The van der Waals surface area contributed by atoms with Crippen LogP contribution in [0.3, 0.4) is 0 Å². The molecule has 0 saturated heterocycles. The van der Waals surface area contributed by atoms with Crippen LogP contribution in [0.4, 0.5) is 0 Å². The molecule has 0 aliphatic heterocycles. The van der Waals surface area contributed by atoms with Crippen LogP contribution in [0.1, 0.15) is 5.56 Å². The molecule has 0 heterocycles. The van der Waals surface area contributed by atoms with Gasteiger partial charge in [-0.25, -0.2) is 4.79 Å². The van der Waals surface area contributed by atoms with E-state index in [2.05, 4.69) is 4.74 Å². The Morgan fingerprint density at radius 2 is 1.65 bits per heavy atom. The highest BCUT2D eigenvalue weighted by Gasteiger charge is 2.15. The molecule has 0 saturated carbocycles. The van der Waals surface area contributed by atoms with Crippen LogP contribution in [-0.4, -0.2) is 34.4 Å². The number of hydrogen-bond donors (Lipinski definition) is 0. The van der Waals surface area contributed by atoms with Crippen molar-refractivity contribution in [2.24, 2.45) is 0 Å². The number of nitrogens with zero attached hydrogens (tertiary/aromatic N) is 1. The quantitative estimate of drug-likeness (QED) is 0.464. The lowest BCUT2D eigenvalue weighted by molar-refractivity contribution is -0.135. The molecule has 1 aromatic carbocycles. The molecule has 0 aliphatic carbocycles. The number of carbonyl (C=O) groups excluding carboxylic acids is 1. The number of esters is 1. The van der Waals surface area contributed by atoms with E-state index >= 15 is 0 Å². The van der Waals surface area contributed by atoms with Crippen LogP contribution < -0.4 is 14.2 Å². The molecule has 0 N–H and O–H groups in total. The van der Waals surface area contributed by atoms with Crippen molar-refractivity contribution in [3.05, 3.63) is 23.3 Å². The average Bonchev–Trinajstić information content (AvgIpc) is 2.50. The Hall–Kier alpha value is -2.68. The molecule has 0 bridgehead atoms. The highest BCUT2D eigenvalue weighted by Crippen LogP contribution is 2.35. The summed E-state index contributed by atoms with van der Waals surface area (Å²) in [4.78, 5) is 11.5. The summed E-state index contributed by atoms with van der Waals surface area (Å²) in [5.41, 5.74) is 0.298. The zero-order valence-electron chi connectivity index (χ0n) is 11.7. The molecular formula is C14H15NO5. The number of carbonyl (C=O) groups is 1. The molecule has 0 aromatic heterocycles. The van der Waals surface area contributed by atoms with E-state index in [0.717, 1.165) is 0 Å². The number of rotatable bonds is 5. The smallest absolute Gasteiger partial charge is 0.348 e. The van der Waals surface area contributed by atoms with Crippen LogP contribution in [0.2, 0.25) is 0 Å². The third kappa shape index (κ3) is 3.20. The van der Waals surface area contributed by atoms with E-state index in [1.54, 1.807) is 18.2 Å². The van der Waals surface area contributed by atoms with Gasteiger partial charge in [0.1, 0.15) is 28.9 Å². The van der Waals surface area contributed by atoms with Gasteiger partial charge in [0.15, 0.2) is 0 Å². The largest absolute Gasteiger partial charge is 0.496 e. The maximum absolute atomic E-state index is 11.5. The molecule has 0 unspecified atom stereocenters. The molecule has 0 radical (unpaired) electrons. The van der Waals surface area contributed by atoms with Crippen molar-refractivity contribution >= 4 is 12.0 Å². The highest BCUT2D eigenvalue weighted by atomic mass is 16.5. The molecule has 0 aliphatic rings. The van der Waals surface area contributed by atoms with Crippen molar-refractivity contribution in [2.45, 2.75) is 0 Å². The summed E-state index contributed by atoms with van der Waals surface area (Å²) < 4.78 is 20.1. The number of nitriles is 1. The first-order valence-corrected chi connectivity index (χ1v) is 5.61. The van der Waals surface area contributed by atoms with Gasteiger partial charge in [-0.15, -0.1) is 0 Å². The molecule has 6 heteroatoms. The van der Waals surface area contributed by atoms with E-state index in [1.807, 2.05) is 0 Å². The predicted octanol–water partition coefficient (Wildman–Crippen LogP) is 1.79. The van der Waals surface area contributed by atoms with Gasteiger partial charge in [-0.3, -0.25) is 0 Å². The first-order valence-electron chi connectivity index (χ1n) is 5.61. The van der Waals surface area contributed by atoms with Crippen LogP contribution in [0.5, 0.6) is 17.2 Å². The first-order chi connectivity index (χ1) is 9.60. The van der Waals surface area contributed by atoms with E-state index in [9.17, 15) is 4.79 Å². The molecule has 0 spiro atoms. The molecule has 20 heavy (non-hydrogen) atoms. The third-order valence-electron chi connectivity index (χ3n) is 2.57. The van der Waals surface area contributed by atoms with Crippen molar-refractivity contribution in [1.82, 2.24) is 0 Å². The number of hydrogen-bond acceptors (Lipinski definition) is 6. The Labute approximate surface area is 117 Å². The second kappa shape index (κ2) is 7.04. The van der Waals surface area contributed by atoms with Crippen LogP contribution >= 0.6 is 0 Å². The van der Waals surface area contributed by atoms with E-state index in [-0.39, 0.29) is 5.57 Å². The zero-order valence-corrected chi connectivity index (χ0v) is 11.7. The van der Waals surface area contributed by atoms with Crippen LogP contribution in [0.15, 0.2) is 17.7 Å². The van der Waals surface area contributed by atoms with Gasteiger partial charge in [0.25, 0.3) is 0 Å². The Morgan fingerprint density at radius 1 is 1.10 bits per heavy atom. The SMILES string of the molecule is COC(=O)/C(C#N)=C/c1c(OC)cc(OC)cc1OC. The van der Waals surface area contributed by atoms with Gasteiger partial charge < -0.3 is 18.9 Å². The Balaban J connectivity index is 3.46. The van der Waals surface area contributed by atoms with Gasteiger partial charge in [-0.05, 0) is 6.08 Å². The molecular weight excluding hydrogens is 262 g/mol. The normalized spacial score (nSPS) is 10.4. The topological polar surface area (TPSA) is 77.8 Å². The molecule has 106 valence electrons. The summed E-state index contributed by atoms with van der Waals surface area (Å²) in [5.74, 6) is 0.635. The van der Waals surface area contributed by atoms with E-state index in [0.29, 0.717) is 22.8 Å². The van der Waals surface area contributed by atoms with Crippen molar-refractivity contribution in [3.63, 3.8) is 0 Å². The Kier molecular flexibility index (Phi) is 5.42. The van der Waals surface area contributed by atoms with Gasteiger partial charge in [0, 0.05) is 12.1 Å². The Bertz CT molecular complexity index is 546. The summed E-state index contributed by atoms with van der Waals surface area (Å²) in [6.07, 6.45) is 1.35. The third-order valence-corrected chi connectivity index (χ3v) is 2.57. The second-order valence-electron chi connectivity index (χ2n) is 3.61. The molecule has 6 nitrogen and oxygen atoms in total. The molecule has 0 fully saturated rings. The fourth-order valence-electron chi connectivity index (χ4n) is 1.57. The van der Waals surface area contributed by atoms with E-state index in [1.165, 1.54) is 34.5 Å². The van der Waals surface area contributed by atoms with Gasteiger partial charge in [-0.2, -0.15) is 5.26 Å². The second-order valence-corrected chi connectivity index (χ2v) is 3.61. The maximum Gasteiger partial charge on any atom is 0.348 e. The summed E-state index contributed by atoms with van der Waals surface area (Å²) in [6.45, 7) is 0. The molecule has 0 atom stereocenters. The zero-order chi connectivity index (χ0) is 15.1. The number of ether oxygens (including phenoxy) is 4. The average molecular weight is 277 g/mol. The van der Waals surface area contributed by atoms with Gasteiger partial charge in [0.05, 0.1) is 34.0 Å². The van der Waals surface area contributed by atoms with Crippen molar-refractivity contribution in [2.75, 3.05) is 28.4 Å². The molecule has 0 amide bonds. The first kappa shape index (κ1) is 15.4. The summed E-state index contributed by atoms with van der Waals surface area (Å²) >= 11 is 0. The van der Waals surface area contributed by atoms with E-state index < -0.39 is 5.97 Å². The van der Waals surface area contributed by atoms with Gasteiger partial charge in [-0.1, -0.05) is 0 Å². The minimum atomic E-state index is -0.729. The molecule has 1 rings (SSSR count). The minimum Gasteiger partial charge on any atom is -0.496 e. The standard InChI is InChI=1S/C14H15NO5/c1-17-10-6-12(18-2)11(13(7-10)19-3)5-9(8-15)14(16)20-4/h5-7H,1-4H3/b9-5+. The number of methoxy groups -OCH3 is 4. The highest BCUT2D eigenvalue weighted by molar-refractivity contribution is 5.98. The Morgan fingerprint density at radius 3 is 2.00 bits per heavy atom. The maximum atomic E-state index is 11.5. The monoisotopic (exact) mass is 277 g/mol. The van der Waals surface area contributed by atoms with Crippen LogP contribution in [0.25, 0.3) is 6.08 Å². The lowest BCUT2D eigenvalue weighted by Gasteiger charge is -2.12. The van der Waals surface area contributed by atoms with Gasteiger partial charge >= 0.3 is 5.97 Å². The minimum absolute atomic E-state index is 0.158. The lowest BCUT2D eigenvalue weighted by atomic mass is 10.1. The van der Waals surface area contributed by atoms with E-state index in [4.69, 9.17) is 19.5 Å². The summed E-state index contributed by atoms with van der Waals surface area (Å²) in [6, 6.07) is 5.03. The fraction of sp³-hybridized carbons (Fsp3) is 0.286. The van der Waals surface area contributed by atoms with Crippen molar-refractivity contribution in [1.29, 1.82) is 5.26 Å². The summed E-state index contributed by atoms with van der Waals surface area (Å²) in [5, 5.41) is 8.99. The lowest BCUT2D eigenvalue weighted by Crippen LogP contribution is -2.03. The molecule has 1 aromatic rings. The number of benzene rings is 1. The van der Waals surface area contributed by atoms with Crippen LogP contribution in [0, 0.1) is 11.3 Å². The summed E-state index contributed by atoms with van der Waals surface area (Å²) in [7, 11) is 5.65.